The first-order valence-electron chi connectivity index (χ1n) is 7.39. The number of alkyl carbamates (subject to hydrolysis) is 1. The zero-order chi connectivity index (χ0) is 16.5. The van der Waals surface area contributed by atoms with Gasteiger partial charge in [-0.3, -0.25) is 4.79 Å². The van der Waals surface area contributed by atoms with Gasteiger partial charge in [-0.2, -0.15) is 0 Å². The maximum Gasteiger partial charge on any atom is 0.407 e. The van der Waals surface area contributed by atoms with E-state index in [1.54, 1.807) is 13.8 Å². The van der Waals surface area contributed by atoms with Crippen LogP contribution in [0, 0.1) is 0 Å². The fraction of sp³-hybridized carbons (Fsp3) is 0.867. The number of hydrogen-bond acceptors (Lipinski definition) is 4. The highest BCUT2D eigenvalue weighted by molar-refractivity contribution is 5.84. The Hall–Kier alpha value is -1.30. The lowest BCUT2D eigenvalue weighted by atomic mass is 10.1. The molecule has 0 aliphatic rings. The minimum atomic E-state index is -0.793. The molecule has 6 nitrogen and oxygen atoms in total. The summed E-state index contributed by atoms with van der Waals surface area (Å²) < 4.78 is 10.2. The van der Waals surface area contributed by atoms with Crippen molar-refractivity contribution >= 4 is 12.0 Å². The third-order valence-corrected chi connectivity index (χ3v) is 2.86. The quantitative estimate of drug-likeness (QED) is 0.674. The normalized spacial score (nSPS) is 11.9. The van der Waals surface area contributed by atoms with Crippen LogP contribution in [0.15, 0.2) is 0 Å². The van der Waals surface area contributed by atoms with Crippen LogP contribution >= 0.6 is 0 Å². The SMILES string of the molecule is COC(C)(C)C(=O)NCCCCCNC(=O)OC(C)(C)C. The fourth-order valence-electron chi connectivity index (χ4n) is 1.44. The first-order chi connectivity index (χ1) is 9.58. The van der Waals surface area contributed by atoms with Crippen molar-refractivity contribution in [2.45, 2.75) is 65.1 Å². The molecule has 0 atom stereocenters. The maximum absolute atomic E-state index is 11.7. The van der Waals surface area contributed by atoms with Crippen molar-refractivity contribution < 1.29 is 19.1 Å². The van der Waals surface area contributed by atoms with Crippen molar-refractivity contribution in [3.05, 3.63) is 0 Å². The summed E-state index contributed by atoms with van der Waals surface area (Å²) in [4.78, 5) is 23.1. The number of nitrogens with one attached hydrogen (secondary N) is 2. The van der Waals surface area contributed by atoms with E-state index in [0.717, 1.165) is 19.3 Å². The van der Waals surface area contributed by atoms with E-state index in [-0.39, 0.29) is 5.91 Å². The van der Waals surface area contributed by atoms with Crippen LogP contribution < -0.4 is 10.6 Å². The molecule has 0 spiro atoms. The molecule has 0 aliphatic heterocycles. The van der Waals surface area contributed by atoms with E-state index in [9.17, 15) is 9.59 Å². The van der Waals surface area contributed by atoms with Gasteiger partial charge in [-0.1, -0.05) is 0 Å². The Labute approximate surface area is 127 Å². The first-order valence-corrected chi connectivity index (χ1v) is 7.39. The molecule has 0 aromatic heterocycles. The Morgan fingerprint density at radius 2 is 1.43 bits per heavy atom. The standard InChI is InChI=1S/C15H30N2O4/c1-14(2,3)21-13(19)17-11-9-7-8-10-16-12(18)15(4,5)20-6/h7-11H2,1-6H3,(H,16,18)(H,17,19). The predicted octanol–water partition coefficient (Wildman–Crippen LogP) is 2.22. The molecule has 0 heterocycles. The highest BCUT2D eigenvalue weighted by Crippen LogP contribution is 2.07. The van der Waals surface area contributed by atoms with Crippen molar-refractivity contribution in [2.24, 2.45) is 0 Å². The van der Waals surface area contributed by atoms with Gasteiger partial charge in [-0.15, -0.1) is 0 Å². The summed E-state index contributed by atoms with van der Waals surface area (Å²) >= 11 is 0. The van der Waals surface area contributed by atoms with Crippen LogP contribution in [0.3, 0.4) is 0 Å². The minimum absolute atomic E-state index is 0.114. The van der Waals surface area contributed by atoms with Gasteiger partial charge in [0.05, 0.1) is 0 Å². The number of carbonyl (C=O) groups excluding carboxylic acids is 2. The number of amides is 2. The van der Waals surface area contributed by atoms with Crippen LogP contribution in [0.5, 0.6) is 0 Å². The van der Waals surface area contributed by atoms with E-state index >= 15 is 0 Å². The molecule has 0 fully saturated rings. The summed E-state index contributed by atoms with van der Waals surface area (Å²) in [5.41, 5.74) is -1.26. The number of methoxy groups -OCH3 is 1. The summed E-state index contributed by atoms with van der Waals surface area (Å²) in [5.74, 6) is -0.114. The van der Waals surface area contributed by atoms with Crippen LogP contribution in [0.2, 0.25) is 0 Å². The molecule has 0 radical (unpaired) electrons. The zero-order valence-corrected chi connectivity index (χ0v) is 14.2. The molecule has 0 aromatic carbocycles. The number of carbonyl (C=O) groups is 2. The van der Waals surface area contributed by atoms with E-state index in [2.05, 4.69) is 10.6 Å². The van der Waals surface area contributed by atoms with Crippen molar-refractivity contribution in [3.63, 3.8) is 0 Å². The van der Waals surface area contributed by atoms with Gasteiger partial charge in [-0.25, -0.2) is 4.79 Å². The number of hydrogen-bond donors (Lipinski definition) is 2. The first kappa shape index (κ1) is 19.7. The zero-order valence-electron chi connectivity index (χ0n) is 14.2. The molecule has 0 rings (SSSR count). The maximum atomic E-state index is 11.7. The minimum Gasteiger partial charge on any atom is -0.444 e. The van der Waals surface area contributed by atoms with Crippen LogP contribution in [0.4, 0.5) is 4.79 Å². The highest BCUT2D eigenvalue weighted by atomic mass is 16.6. The summed E-state index contributed by atoms with van der Waals surface area (Å²) in [6.45, 7) is 10.1. The molecule has 0 saturated heterocycles. The number of unbranched alkanes of at least 4 members (excludes halogenated alkanes) is 2. The molecule has 6 heteroatoms. The summed E-state index contributed by atoms with van der Waals surface area (Å²) in [6, 6.07) is 0. The fourth-order valence-corrected chi connectivity index (χ4v) is 1.44. The summed E-state index contributed by atoms with van der Waals surface area (Å²) in [5, 5.41) is 5.53. The molecule has 0 aliphatic carbocycles. The molecular weight excluding hydrogens is 272 g/mol. The Morgan fingerprint density at radius 1 is 0.905 bits per heavy atom. The van der Waals surface area contributed by atoms with Crippen molar-refractivity contribution in [3.8, 4) is 0 Å². The Bertz CT molecular complexity index is 335. The van der Waals surface area contributed by atoms with Gasteiger partial charge in [0.25, 0.3) is 5.91 Å². The van der Waals surface area contributed by atoms with E-state index in [1.165, 1.54) is 7.11 Å². The van der Waals surface area contributed by atoms with Crippen LogP contribution in [0.25, 0.3) is 0 Å². The van der Waals surface area contributed by atoms with E-state index < -0.39 is 17.3 Å². The molecular formula is C15H30N2O4. The average Bonchev–Trinajstić information content (AvgIpc) is 2.35. The molecule has 2 amide bonds. The molecule has 21 heavy (non-hydrogen) atoms. The Balaban J connectivity index is 3.58. The molecule has 124 valence electrons. The third kappa shape index (κ3) is 10.1. The van der Waals surface area contributed by atoms with Gasteiger partial charge in [-0.05, 0) is 53.9 Å². The van der Waals surface area contributed by atoms with Gasteiger partial charge < -0.3 is 20.1 Å². The average molecular weight is 302 g/mol. The topological polar surface area (TPSA) is 76.7 Å². The molecule has 0 unspecified atom stereocenters. The second kappa shape index (κ2) is 8.87. The molecule has 2 N–H and O–H groups in total. The number of rotatable bonds is 8. The van der Waals surface area contributed by atoms with Gasteiger partial charge in [0.15, 0.2) is 0 Å². The van der Waals surface area contributed by atoms with Crippen molar-refractivity contribution in [2.75, 3.05) is 20.2 Å². The Kier molecular flexibility index (Phi) is 8.32. The van der Waals surface area contributed by atoms with E-state index in [1.807, 2.05) is 20.8 Å². The van der Waals surface area contributed by atoms with Gasteiger partial charge in [0.1, 0.15) is 11.2 Å². The van der Waals surface area contributed by atoms with Crippen LogP contribution in [-0.2, 0) is 14.3 Å². The lowest BCUT2D eigenvalue weighted by molar-refractivity contribution is -0.139. The van der Waals surface area contributed by atoms with E-state index in [0.29, 0.717) is 13.1 Å². The molecule has 0 saturated carbocycles. The Morgan fingerprint density at radius 3 is 1.90 bits per heavy atom. The van der Waals surface area contributed by atoms with Gasteiger partial charge in [0.2, 0.25) is 0 Å². The van der Waals surface area contributed by atoms with Crippen molar-refractivity contribution in [1.82, 2.24) is 10.6 Å². The third-order valence-electron chi connectivity index (χ3n) is 2.86. The smallest absolute Gasteiger partial charge is 0.407 e. The lowest BCUT2D eigenvalue weighted by Crippen LogP contribution is -2.43. The predicted molar refractivity (Wildman–Crippen MR) is 82.2 cm³/mol. The van der Waals surface area contributed by atoms with Crippen LogP contribution in [-0.4, -0.2) is 43.4 Å². The second-order valence-corrected chi connectivity index (χ2v) is 6.46. The summed E-state index contributed by atoms with van der Waals surface area (Å²) in [7, 11) is 1.52. The largest absolute Gasteiger partial charge is 0.444 e. The van der Waals surface area contributed by atoms with Crippen molar-refractivity contribution in [1.29, 1.82) is 0 Å². The molecule has 0 aromatic rings. The lowest BCUT2D eigenvalue weighted by Gasteiger charge is -2.21. The second-order valence-electron chi connectivity index (χ2n) is 6.46. The summed E-state index contributed by atoms with van der Waals surface area (Å²) in [6.07, 6.45) is 2.24. The van der Waals surface area contributed by atoms with Gasteiger partial charge in [0, 0.05) is 20.2 Å². The van der Waals surface area contributed by atoms with E-state index in [4.69, 9.17) is 9.47 Å². The van der Waals surface area contributed by atoms with Gasteiger partial charge >= 0.3 is 6.09 Å². The number of ether oxygens (including phenoxy) is 2. The van der Waals surface area contributed by atoms with Crippen LogP contribution in [0.1, 0.15) is 53.9 Å². The highest BCUT2D eigenvalue weighted by Gasteiger charge is 2.26. The molecule has 0 bridgehead atoms. The monoisotopic (exact) mass is 302 g/mol.